The number of nitro groups is 1. The highest BCUT2D eigenvalue weighted by molar-refractivity contribution is 5.78. The SMILES string of the molecule is CC(C)=C[C@H]1[C@@H](C(=O)OCc2ccccc2[N+](=O)[O-])C1(C)C. The van der Waals surface area contributed by atoms with Crippen molar-refractivity contribution in [3.8, 4) is 0 Å². The average molecular weight is 303 g/mol. The minimum absolute atomic E-state index is 0.0220. The molecule has 1 aromatic rings. The molecule has 0 unspecified atom stereocenters. The van der Waals surface area contributed by atoms with Gasteiger partial charge in [-0.2, -0.15) is 0 Å². The molecule has 0 aliphatic heterocycles. The molecule has 0 spiro atoms. The highest BCUT2D eigenvalue weighted by atomic mass is 16.6. The van der Waals surface area contributed by atoms with Crippen molar-refractivity contribution >= 4 is 11.7 Å². The number of nitro benzene ring substituents is 1. The standard InChI is InChI=1S/C17H21NO4/c1-11(2)9-13-15(17(13,3)4)16(19)22-10-12-7-5-6-8-14(12)18(20)21/h5-9,13,15H,10H2,1-4H3/t13-,15-/m0/s1. The van der Waals surface area contributed by atoms with Gasteiger partial charge in [0.05, 0.1) is 16.4 Å². The van der Waals surface area contributed by atoms with Gasteiger partial charge in [-0.25, -0.2) is 0 Å². The lowest BCUT2D eigenvalue weighted by Crippen LogP contribution is -2.11. The fraction of sp³-hybridized carbons (Fsp3) is 0.471. The highest BCUT2D eigenvalue weighted by Crippen LogP contribution is 2.59. The summed E-state index contributed by atoms with van der Waals surface area (Å²) >= 11 is 0. The van der Waals surface area contributed by atoms with Gasteiger partial charge in [-0.15, -0.1) is 0 Å². The van der Waals surface area contributed by atoms with Crippen LogP contribution in [0.15, 0.2) is 35.9 Å². The van der Waals surface area contributed by atoms with Crippen molar-refractivity contribution < 1.29 is 14.5 Å². The fourth-order valence-corrected chi connectivity index (χ4v) is 2.85. The van der Waals surface area contributed by atoms with E-state index in [4.69, 9.17) is 4.74 Å². The first kappa shape index (κ1) is 16.2. The number of benzene rings is 1. The first-order valence-corrected chi connectivity index (χ1v) is 7.29. The number of allylic oxidation sites excluding steroid dienone is 2. The van der Waals surface area contributed by atoms with Crippen LogP contribution in [0.4, 0.5) is 5.69 Å². The summed E-state index contributed by atoms with van der Waals surface area (Å²) in [5.74, 6) is -0.286. The van der Waals surface area contributed by atoms with Gasteiger partial charge >= 0.3 is 5.97 Å². The zero-order chi connectivity index (χ0) is 16.5. The minimum Gasteiger partial charge on any atom is -0.460 e. The van der Waals surface area contributed by atoms with Crippen LogP contribution in [0.5, 0.6) is 0 Å². The van der Waals surface area contributed by atoms with E-state index in [2.05, 4.69) is 6.08 Å². The first-order valence-electron chi connectivity index (χ1n) is 7.29. The molecular formula is C17H21NO4. The normalized spacial score (nSPS) is 21.8. The molecule has 5 heteroatoms. The Bertz CT molecular complexity index is 629. The lowest BCUT2D eigenvalue weighted by atomic mass is 10.1. The molecule has 0 N–H and O–H groups in total. The van der Waals surface area contributed by atoms with Crippen molar-refractivity contribution in [3.05, 3.63) is 51.6 Å². The number of rotatable bonds is 5. The van der Waals surface area contributed by atoms with Crippen LogP contribution in [0.2, 0.25) is 0 Å². The van der Waals surface area contributed by atoms with Gasteiger partial charge in [0.1, 0.15) is 6.61 Å². The summed E-state index contributed by atoms with van der Waals surface area (Å²) in [7, 11) is 0. The van der Waals surface area contributed by atoms with Gasteiger partial charge in [-0.3, -0.25) is 14.9 Å². The summed E-state index contributed by atoms with van der Waals surface area (Å²) < 4.78 is 5.32. The predicted molar refractivity (Wildman–Crippen MR) is 83.1 cm³/mol. The fourth-order valence-electron chi connectivity index (χ4n) is 2.85. The van der Waals surface area contributed by atoms with E-state index >= 15 is 0 Å². The molecule has 5 nitrogen and oxygen atoms in total. The van der Waals surface area contributed by atoms with Gasteiger partial charge < -0.3 is 4.74 Å². The smallest absolute Gasteiger partial charge is 0.310 e. The van der Waals surface area contributed by atoms with Gasteiger partial charge in [-0.05, 0) is 31.2 Å². The minimum atomic E-state index is -0.462. The second kappa shape index (κ2) is 5.91. The number of carbonyl (C=O) groups is 1. The summed E-state index contributed by atoms with van der Waals surface area (Å²) in [4.78, 5) is 22.7. The summed E-state index contributed by atoms with van der Waals surface area (Å²) in [6.07, 6.45) is 2.09. The van der Waals surface area contributed by atoms with Crippen LogP contribution in [0.1, 0.15) is 33.3 Å². The Labute approximate surface area is 130 Å². The van der Waals surface area contributed by atoms with Crippen molar-refractivity contribution in [1.82, 2.24) is 0 Å². The Hall–Kier alpha value is -2.17. The van der Waals surface area contributed by atoms with Gasteiger partial charge in [0, 0.05) is 6.07 Å². The van der Waals surface area contributed by atoms with E-state index in [1.54, 1.807) is 18.2 Å². The Morgan fingerprint density at radius 2 is 2.00 bits per heavy atom. The van der Waals surface area contributed by atoms with Crippen LogP contribution in [0.25, 0.3) is 0 Å². The number of para-hydroxylation sites is 1. The number of carbonyl (C=O) groups excluding carboxylic acids is 1. The van der Waals surface area contributed by atoms with Crippen molar-refractivity contribution in [2.75, 3.05) is 0 Å². The van der Waals surface area contributed by atoms with Crippen LogP contribution in [0.3, 0.4) is 0 Å². The topological polar surface area (TPSA) is 69.4 Å². The second-order valence-corrected chi connectivity index (χ2v) is 6.56. The summed E-state index contributed by atoms with van der Waals surface area (Å²) in [5, 5.41) is 10.9. The number of nitrogens with zero attached hydrogens (tertiary/aromatic N) is 1. The van der Waals surface area contributed by atoms with E-state index in [-0.39, 0.29) is 35.5 Å². The monoisotopic (exact) mass is 303 g/mol. The third-order valence-corrected chi connectivity index (χ3v) is 4.24. The molecule has 118 valence electrons. The van der Waals surface area contributed by atoms with E-state index in [9.17, 15) is 14.9 Å². The van der Waals surface area contributed by atoms with E-state index < -0.39 is 4.92 Å². The van der Waals surface area contributed by atoms with E-state index in [0.29, 0.717) is 5.56 Å². The maximum Gasteiger partial charge on any atom is 0.310 e. The summed E-state index contributed by atoms with van der Waals surface area (Å²) in [5.41, 5.74) is 1.45. The molecule has 0 radical (unpaired) electrons. The molecule has 2 atom stereocenters. The molecule has 22 heavy (non-hydrogen) atoms. The Kier molecular flexibility index (Phi) is 4.35. The Balaban J connectivity index is 2.03. The third-order valence-electron chi connectivity index (χ3n) is 4.24. The van der Waals surface area contributed by atoms with Gasteiger partial charge in [0.2, 0.25) is 0 Å². The maximum atomic E-state index is 12.2. The van der Waals surface area contributed by atoms with Crippen LogP contribution >= 0.6 is 0 Å². The molecule has 0 aromatic heterocycles. The van der Waals surface area contributed by atoms with Gasteiger partial charge in [-0.1, -0.05) is 37.6 Å². The van der Waals surface area contributed by atoms with Crippen molar-refractivity contribution in [2.24, 2.45) is 17.3 Å². The quantitative estimate of drug-likeness (QED) is 0.358. The molecule has 0 amide bonds. The van der Waals surface area contributed by atoms with E-state index in [1.807, 2.05) is 27.7 Å². The zero-order valence-corrected chi connectivity index (χ0v) is 13.3. The van der Waals surface area contributed by atoms with Crippen molar-refractivity contribution in [3.63, 3.8) is 0 Å². The maximum absolute atomic E-state index is 12.2. The molecule has 0 saturated heterocycles. The van der Waals surface area contributed by atoms with Crippen LogP contribution in [0, 0.1) is 27.4 Å². The van der Waals surface area contributed by atoms with Crippen molar-refractivity contribution in [1.29, 1.82) is 0 Å². The lowest BCUT2D eigenvalue weighted by molar-refractivity contribution is -0.385. The molecule has 2 rings (SSSR count). The molecule has 1 aromatic carbocycles. The molecular weight excluding hydrogens is 282 g/mol. The largest absolute Gasteiger partial charge is 0.460 e. The molecule has 0 bridgehead atoms. The molecule has 1 aliphatic rings. The van der Waals surface area contributed by atoms with Gasteiger partial charge in [0.15, 0.2) is 0 Å². The summed E-state index contributed by atoms with van der Waals surface area (Å²) in [6.45, 7) is 8.01. The number of hydrogen-bond donors (Lipinski definition) is 0. The molecule has 1 fully saturated rings. The number of hydrogen-bond acceptors (Lipinski definition) is 4. The average Bonchev–Trinajstić information content (AvgIpc) is 2.96. The van der Waals surface area contributed by atoms with E-state index in [1.165, 1.54) is 11.6 Å². The predicted octanol–water partition coefficient (Wildman–Crippen LogP) is 3.88. The second-order valence-electron chi connectivity index (χ2n) is 6.56. The van der Waals surface area contributed by atoms with Crippen molar-refractivity contribution in [2.45, 2.75) is 34.3 Å². The van der Waals surface area contributed by atoms with Crippen LogP contribution in [-0.4, -0.2) is 10.9 Å². The Morgan fingerprint density at radius 1 is 1.36 bits per heavy atom. The number of ether oxygens (including phenoxy) is 1. The molecule has 1 aliphatic carbocycles. The van der Waals surface area contributed by atoms with Crippen LogP contribution in [-0.2, 0) is 16.1 Å². The molecule has 0 heterocycles. The zero-order valence-electron chi connectivity index (χ0n) is 13.3. The number of esters is 1. The first-order chi connectivity index (χ1) is 10.2. The Morgan fingerprint density at radius 3 is 2.59 bits per heavy atom. The lowest BCUT2D eigenvalue weighted by Gasteiger charge is -2.06. The molecule has 1 saturated carbocycles. The highest BCUT2D eigenvalue weighted by Gasteiger charge is 2.61. The summed E-state index contributed by atoms with van der Waals surface area (Å²) in [6, 6.07) is 6.31. The van der Waals surface area contributed by atoms with Crippen LogP contribution < -0.4 is 0 Å². The van der Waals surface area contributed by atoms with Gasteiger partial charge in [0.25, 0.3) is 5.69 Å². The third kappa shape index (κ3) is 3.18. The van der Waals surface area contributed by atoms with E-state index in [0.717, 1.165) is 0 Å².